The van der Waals surface area contributed by atoms with E-state index in [0.717, 1.165) is 0 Å². The summed E-state index contributed by atoms with van der Waals surface area (Å²) in [6.07, 6.45) is -8.00. The molecule has 2 aliphatic heterocycles. The van der Waals surface area contributed by atoms with Gasteiger partial charge in [-0.25, -0.2) is 0 Å². The standard InChI is InChI=1S/C26H52N6O11/c1-26(39)11-40-25(19(37)22(26)30-2)43-21-16(32-23(38)17(35)5-6-27)7-15(29)20(18(21)36)42-24-14(28)4-3-13(41-24)8-31-12(9-33)10-34/h12-22,24-25,30-31,33-37,39H,3-11,27-29H2,1-2H3,(H,32,38)/t13-,14?,15-,16+,17-,18?,19?,20?,21?,22+,24+,25+,26?/m0/s1. The zero-order valence-electron chi connectivity index (χ0n) is 24.8. The molecule has 1 amide bonds. The maximum absolute atomic E-state index is 12.7. The predicted molar refractivity (Wildman–Crippen MR) is 151 cm³/mol. The molecule has 13 atom stereocenters. The molecular formula is C26H52N6O11. The molecule has 0 bridgehead atoms. The van der Waals surface area contributed by atoms with Crippen LogP contribution in [0.2, 0.25) is 0 Å². The van der Waals surface area contributed by atoms with Crippen molar-refractivity contribution >= 4 is 5.91 Å². The maximum Gasteiger partial charge on any atom is 0.249 e. The summed E-state index contributed by atoms with van der Waals surface area (Å²) in [7, 11) is 1.56. The van der Waals surface area contributed by atoms with Gasteiger partial charge >= 0.3 is 0 Å². The van der Waals surface area contributed by atoms with Gasteiger partial charge in [-0.15, -0.1) is 0 Å². The molecule has 0 radical (unpaired) electrons. The minimum atomic E-state index is -1.48. The van der Waals surface area contributed by atoms with Crippen molar-refractivity contribution in [3.8, 4) is 0 Å². The minimum absolute atomic E-state index is 0.0120. The van der Waals surface area contributed by atoms with E-state index in [4.69, 9.17) is 36.1 Å². The zero-order chi connectivity index (χ0) is 31.9. The smallest absolute Gasteiger partial charge is 0.249 e. The molecule has 0 aromatic carbocycles. The third-order valence-electron chi connectivity index (χ3n) is 8.39. The van der Waals surface area contributed by atoms with Gasteiger partial charge in [-0.2, -0.15) is 0 Å². The number of hydrogen-bond donors (Lipinski definition) is 12. The lowest BCUT2D eigenvalue weighted by Gasteiger charge is -2.49. The van der Waals surface area contributed by atoms with Crippen LogP contribution < -0.4 is 33.2 Å². The number of aliphatic hydroxyl groups is 6. The second-order valence-electron chi connectivity index (χ2n) is 11.9. The molecule has 252 valence electrons. The van der Waals surface area contributed by atoms with Gasteiger partial charge in [0, 0.05) is 12.6 Å². The van der Waals surface area contributed by atoms with Crippen LogP contribution >= 0.6 is 0 Å². The number of carbonyl (C=O) groups excluding carboxylic acids is 1. The lowest BCUT2D eigenvalue weighted by molar-refractivity contribution is -0.307. The fourth-order valence-corrected chi connectivity index (χ4v) is 5.82. The molecule has 1 saturated carbocycles. The van der Waals surface area contributed by atoms with Gasteiger partial charge < -0.3 is 82.7 Å². The Kier molecular flexibility index (Phi) is 13.9. The summed E-state index contributed by atoms with van der Waals surface area (Å²) in [4.78, 5) is 12.7. The van der Waals surface area contributed by atoms with Crippen LogP contribution in [0.1, 0.15) is 32.6 Å². The van der Waals surface area contributed by atoms with Crippen molar-refractivity contribution in [2.24, 2.45) is 17.2 Å². The molecular weight excluding hydrogens is 572 g/mol. The van der Waals surface area contributed by atoms with Crippen LogP contribution in [0.5, 0.6) is 0 Å². The highest BCUT2D eigenvalue weighted by Crippen LogP contribution is 2.32. The van der Waals surface area contributed by atoms with Gasteiger partial charge in [0.05, 0.1) is 50.1 Å². The first kappa shape index (κ1) is 36.3. The van der Waals surface area contributed by atoms with Crippen LogP contribution in [-0.2, 0) is 23.7 Å². The normalized spacial score (nSPS) is 41.3. The Balaban J connectivity index is 1.77. The molecule has 17 heteroatoms. The van der Waals surface area contributed by atoms with Crippen LogP contribution in [-0.4, -0.2) is 162 Å². The Labute approximate surface area is 251 Å². The summed E-state index contributed by atoms with van der Waals surface area (Å²) < 4.78 is 23.9. The van der Waals surface area contributed by atoms with Crippen molar-refractivity contribution in [2.45, 2.75) is 118 Å². The number of aliphatic hydroxyl groups excluding tert-OH is 5. The lowest BCUT2D eigenvalue weighted by Crippen LogP contribution is -2.69. The number of rotatable bonds is 14. The molecule has 3 aliphatic rings. The van der Waals surface area contributed by atoms with E-state index in [1.165, 1.54) is 6.92 Å². The fraction of sp³-hybridized carbons (Fsp3) is 0.962. The molecule has 0 spiro atoms. The van der Waals surface area contributed by atoms with Crippen LogP contribution in [0.3, 0.4) is 0 Å². The van der Waals surface area contributed by atoms with E-state index in [2.05, 4.69) is 16.0 Å². The first-order valence-corrected chi connectivity index (χ1v) is 14.8. The van der Waals surface area contributed by atoms with Crippen molar-refractivity contribution in [1.29, 1.82) is 0 Å². The molecule has 3 rings (SSSR count). The van der Waals surface area contributed by atoms with E-state index < -0.39 is 84.8 Å². The Morgan fingerprint density at radius 2 is 1.74 bits per heavy atom. The van der Waals surface area contributed by atoms with Crippen molar-refractivity contribution in [1.82, 2.24) is 16.0 Å². The van der Waals surface area contributed by atoms with E-state index in [-0.39, 0.29) is 45.3 Å². The highest BCUT2D eigenvalue weighted by atomic mass is 16.7. The molecule has 0 aromatic rings. The van der Waals surface area contributed by atoms with Gasteiger partial charge in [0.1, 0.15) is 36.1 Å². The maximum atomic E-state index is 12.7. The van der Waals surface area contributed by atoms with Crippen LogP contribution in [0.4, 0.5) is 0 Å². The third-order valence-corrected chi connectivity index (χ3v) is 8.39. The third kappa shape index (κ3) is 9.21. The quantitative estimate of drug-likeness (QED) is 0.0856. The summed E-state index contributed by atoms with van der Waals surface area (Å²) in [6, 6.07) is -3.66. The van der Waals surface area contributed by atoms with Crippen LogP contribution in [0.25, 0.3) is 0 Å². The molecule has 6 unspecified atom stereocenters. The SMILES string of the molecule is CN[C@@H]1C(O)[C@@H](OC2C(O)C(O[C@H]3O[C@H](CNC(CO)CO)CCC3N)[C@@H](N)C[C@H]2NC(=O)[C@@H](O)CCN)OCC1(C)O. The molecule has 17 nitrogen and oxygen atoms in total. The van der Waals surface area contributed by atoms with Crippen molar-refractivity contribution < 1.29 is 54.4 Å². The summed E-state index contributed by atoms with van der Waals surface area (Å²) in [5, 5.41) is 70.5. The van der Waals surface area contributed by atoms with E-state index in [0.29, 0.717) is 19.4 Å². The van der Waals surface area contributed by atoms with E-state index >= 15 is 0 Å². The number of nitrogens with one attached hydrogen (secondary N) is 3. The topological polar surface area (TPSA) is 290 Å². The van der Waals surface area contributed by atoms with Crippen molar-refractivity contribution in [3.05, 3.63) is 0 Å². The Morgan fingerprint density at radius 1 is 1.07 bits per heavy atom. The van der Waals surface area contributed by atoms with Crippen LogP contribution in [0, 0.1) is 0 Å². The molecule has 15 N–H and O–H groups in total. The van der Waals surface area contributed by atoms with Gasteiger partial charge in [-0.3, -0.25) is 4.79 Å². The van der Waals surface area contributed by atoms with Gasteiger partial charge in [0.25, 0.3) is 0 Å². The van der Waals surface area contributed by atoms with Gasteiger partial charge in [-0.05, 0) is 46.2 Å². The lowest BCUT2D eigenvalue weighted by atomic mass is 9.83. The first-order valence-electron chi connectivity index (χ1n) is 14.8. The molecule has 3 fully saturated rings. The summed E-state index contributed by atoms with van der Waals surface area (Å²) in [5.74, 6) is -0.735. The average molecular weight is 625 g/mol. The summed E-state index contributed by atoms with van der Waals surface area (Å²) in [6.45, 7) is 1.19. The second kappa shape index (κ2) is 16.4. The highest BCUT2D eigenvalue weighted by molar-refractivity contribution is 5.80. The van der Waals surface area contributed by atoms with Crippen molar-refractivity contribution in [3.63, 3.8) is 0 Å². The average Bonchev–Trinajstić information content (AvgIpc) is 2.96. The Bertz CT molecular complexity index is 858. The Morgan fingerprint density at radius 3 is 2.37 bits per heavy atom. The summed E-state index contributed by atoms with van der Waals surface area (Å²) in [5.41, 5.74) is 16.8. The van der Waals surface area contributed by atoms with E-state index in [1.54, 1.807) is 7.05 Å². The minimum Gasteiger partial charge on any atom is -0.395 e. The van der Waals surface area contributed by atoms with Gasteiger partial charge in [0.2, 0.25) is 5.91 Å². The number of hydrogen-bond acceptors (Lipinski definition) is 16. The molecule has 43 heavy (non-hydrogen) atoms. The van der Waals surface area contributed by atoms with Crippen LogP contribution in [0.15, 0.2) is 0 Å². The van der Waals surface area contributed by atoms with Gasteiger partial charge in [-0.1, -0.05) is 0 Å². The van der Waals surface area contributed by atoms with Gasteiger partial charge in [0.15, 0.2) is 12.6 Å². The fourth-order valence-electron chi connectivity index (χ4n) is 5.82. The second-order valence-corrected chi connectivity index (χ2v) is 11.9. The van der Waals surface area contributed by atoms with E-state index in [1.807, 2.05) is 0 Å². The van der Waals surface area contributed by atoms with E-state index in [9.17, 15) is 35.4 Å². The molecule has 2 heterocycles. The zero-order valence-corrected chi connectivity index (χ0v) is 24.8. The number of likely N-dealkylation sites (N-methyl/N-ethyl adjacent to an activating group) is 1. The highest BCUT2D eigenvalue weighted by Gasteiger charge is 2.52. The number of carbonyl (C=O) groups is 1. The molecule has 2 saturated heterocycles. The summed E-state index contributed by atoms with van der Waals surface area (Å²) >= 11 is 0. The number of ether oxygens (including phenoxy) is 4. The first-order chi connectivity index (χ1) is 20.4. The monoisotopic (exact) mass is 624 g/mol. The number of nitrogens with two attached hydrogens (primary N) is 3. The largest absolute Gasteiger partial charge is 0.395 e. The molecule has 0 aromatic heterocycles. The Hall–Kier alpha value is -1.13. The molecule has 1 aliphatic carbocycles. The number of amides is 1. The van der Waals surface area contributed by atoms with Crippen molar-refractivity contribution in [2.75, 3.05) is 40.0 Å². The predicted octanol–water partition coefficient (Wildman–Crippen LogP) is -6.13.